The maximum Gasteiger partial charge on any atom is 0.227 e. The van der Waals surface area contributed by atoms with Gasteiger partial charge in [-0.1, -0.05) is 13.8 Å². The SMILES string of the molecule is CC(C)CC(=O)N1CCN(c2ccnc(N3CCOCC3)n2)CC1. The zero-order chi connectivity index (χ0) is 16.9. The molecule has 3 heterocycles. The first kappa shape index (κ1) is 17.0. The Labute approximate surface area is 143 Å². The maximum atomic E-state index is 12.2. The van der Waals surface area contributed by atoms with E-state index in [0.717, 1.165) is 64.2 Å². The number of rotatable bonds is 4. The number of carbonyl (C=O) groups excluding carboxylic acids is 1. The number of aromatic nitrogens is 2. The maximum absolute atomic E-state index is 12.2. The molecule has 0 aromatic carbocycles. The van der Waals surface area contributed by atoms with E-state index in [1.807, 2.05) is 17.2 Å². The molecular formula is C17H27N5O2. The molecule has 2 aliphatic heterocycles. The van der Waals surface area contributed by atoms with Gasteiger partial charge in [0.15, 0.2) is 0 Å². The molecule has 3 rings (SSSR count). The van der Waals surface area contributed by atoms with Crippen molar-refractivity contribution in [2.75, 3.05) is 62.3 Å². The molecule has 2 fully saturated rings. The van der Waals surface area contributed by atoms with Gasteiger partial charge in [0.25, 0.3) is 0 Å². The van der Waals surface area contributed by atoms with E-state index >= 15 is 0 Å². The molecule has 132 valence electrons. The number of morpholine rings is 1. The summed E-state index contributed by atoms with van der Waals surface area (Å²) in [6.45, 7) is 10.5. The van der Waals surface area contributed by atoms with Gasteiger partial charge in [0.05, 0.1) is 13.2 Å². The number of ether oxygens (including phenoxy) is 1. The van der Waals surface area contributed by atoms with Crippen LogP contribution in [0.1, 0.15) is 20.3 Å². The molecule has 0 radical (unpaired) electrons. The van der Waals surface area contributed by atoms with Crippen molar-refractivity contribution >= 4 is 17.7 Å². The lowest BCUT2D eigenvalue weighted by Gasteiger charge is -2.36. The zero-order valence-corrected chi connectivity index (χ0v) is 14.6. The molecule has 0 N–H and O–H groups in total. The van der Waals surface area contributed by atoms with Gasteiger partial charge in [0, 0.05) is 51.9 Å². The van der Waals surface area contributed by atoms with Crippen molar-refractivity contribution in [3.63, 3.8) is 0 Å². The lowest BCUT2D eigenvalue weighted by Crippen LogP contribution is -2.49. The van der Waals surface area contributed by atoms with Gasteiger partial charge in [-0.05, 0) is 12.0 Å². The first-order chi connectivity index (χ1) is 11.6. The molecule has 0 saturated carbocycles. The van der Waals surface area contributed by atoms with Gasteiger partial charge in [-0.15, -0.1) is 0 Å². The van der Waals surface area contributed by atoms with E-state index in [1.54, 1.807) is 0 Å². The van der Waals surface area contributed by atoms with Crippen LogP contribution in [0.15, 0.2) is 12.3 Å². The molecule has 0 unspecified atom stereocenters. The summed E-state index contributed by atoms with van der Waals surface area (Å²) in [5.74, 6) is 2.39. The van der Waals surface area contributed by atoms with E-state index in [4.69, 9.17) is 9.72 Å². The van der Waals surface area contributed by atoms with Crippen molar-refractivity contribution in [3.8, 4) is 0 Å². The molecule has 0 aliphatic carbocycles. The first-order valence-electron chi connectivity index (χ1n) is 8.82. The number of amides is 1. The fraction of sp³-hybridized carbons (Fsp3) is 0.706. The van der Waals surface area contributed by atoms with E-state index < -0.39 is 0 Å². The van der Waals surface area contributed by atoms with E-state index in [9.17, 15) is 4.79 Å². The molecule has 0 spiro atoms. The van der Waals surface area contributed by atoms with E-state index in [0.29, 0.717) is 12.3 Å². The van der Waals surface area contributed by atoms with Crippen molar-refractivity contribution in [2.24, 2.45) is 5.92 Å². The Morgan fingerprint density at radius 1 is 1.12 bits per heavy atom. The van der Waals surface area contributed by atoms with Crippen molar-refractivity contribution in [1.82, 2.24) is 14.9 Å². The van der Waals surface area contributed by atoms with Gasteiger partial charge in [-0.25, -0.2) is 4.98 Å². The van der Waals surface area contributed by atoms with Gasteiger partial charge in [0.1, 0.15) is 5.82 Å². The average molecular weight is 333 g/mol. The highest BCUT2D eigenvalue weighted by atomic mass is 16.5. The largest absolute Gasteiger partial charge is 0.378 e. The summed E-state index contributed by atoms with van der Waals surface area (Å²) in [6, 6.07) is 1.95. The molecular weight excluding hydrogens is 306 g/mol. The average Bonchev–Trinajstić information content (AvgIpc) is 2.62. The molecule has 1 aromatic heterocycles. The normalized spacial score (nSPS) is 19.0. The van der Waals surface area contributed by atoms with Crippen molar-refractivity contribution in [3.05, 3.63) is 12.3 Å². The molecule has 7 nitrogen and oxygen atoms in total. The third kappa shape index (κ3) is 4.14. The Morgan fingerprint density at radius 3 is 2.50 bits per heavy atom. The Hall–Kier alpha value is -1.89. The number of nitrogens with zero attached hydrogens (tertiary/aromatic N) is 5. The standard InChI is InChI=1S/C17H27N5O2/c1-14(2)13-16(23)21-7-5-20(6-8-21)15-3-4-18-17(19-15)22-9-11-24-12-10-22/h3-4,14H,5-13H2,1-2H3. The lowest BCUT2D eigenvalue weighted by molar-refractivity contribution is -0.132. The third-order valence-electron chi connectivity index (χ3n) is 4.46. The van der Waals surface area contributed by atoms with E-state index in [-0.39, 0.29) is 5.91 Å². The van der Waals surface area contributed by atoms with Crippen LogP contribution >= 0.6 is 0 Å². The highest BCUT2D eigenvalue weighted by molar-refractivity contribution is 5.76. The topological polar surface area (TPSA) is 61.8 Å². The van der Waals surface area contributed by atoms with Crippen LogP contribution < -0.4 is 9.80 Å². The predicted octanol–water partition coefficient (Wildman–Crippen LogP) is 1.01. The molecule has 2 saturated heterocycles. The van der Waals surface area contributed by atoms with Gasteiger partial charge >= 0.3 is 0 Å². The number of hydrogen-bond donors (Lipinski definition) is 0. The fourth-order valence-electron chi connectivity index (χ4n) is 3.09. The van der Waals surface area contributed by atoms with E-state index in [2.05, 4.69) is 28.6 Å². The number of anilines is 2. The molecule has 0 atom stereocenters. The summed E-state index contributed by atoms with van der Waals surface area (Å²) in [4.78, 5) is 27.7. The third-order valence-corrected chi connectivity index (χ3v) is 4.46. The lowest BCUT2D eigenvalue weighted by atomic mass is 10.1. The van der Waals surface area contributed by atoms with Crippen molar-refractivity contribution in [2.45, 2.75) is 20.3 Å². The molecule has 1 aromatic rings. The van der Waals surface area contributed by atoms with Crippen LogP contribution in [-0.2, 0) is 9.53 Å². The summed E-state index contributed by atoms with van der Waals surface area (Å²) in [7, 11) is 0. The first-order valence-corrected chi connectivity index (χ1v) is 8.82. The zero-order valence-electron chi connectivity index (χ0n) is 14.6. The summed E-state index contributed by atoms with van der Waals surface area (Å²) >= 11 is 0. The Balaban J connectivity index is 1.59. The number of carbonyl (C=O) groups is 1. The Morgan fingerprint density at radius 2 is 1.83 bits per heavy atom. The molecule has 0 bridgehead atoms. The molecule has 2 aliphatic rings. The smallest absolute Gasteiger partial charge is 0.227 e. The quantitative estimate of drug-likeness (QED) is 0.819. The van der Waals surface area contributed by atoms with Crippen LogP contribution in [0.3, 0.4) is 0 Å². The van der Waals surface area contributed by atoms with Gasteiger partial charge in [-0.3, -0.25) is 4.79 Å². The van der Waals surface area contributed by atoms with Crippen molar-refractivity contribution in [1.29, 1.82) is 0 Å². The minimum Gasteiger partial charge on any atom is -0.378 e. The second-order valence-corrected chi connectivity index (χ2v) is 6.78. The fourth-order valence-corrected chi connectivity index (χ4v) is 3.09. The highest BCUT2D eigenvalue weighted by Crippen LogP contribution is 2.18. The minimum atomic E-state index is 0.265. The summed E-state index contributed by atoms with van der Waals surface area (Å²) in [5, 5.41) is 0. The highest BCUT2D eigenvalue weighted by Gasteiger charge is 2.23. The molecule has 7 heteroatoms. The summed E-state index contributed by atoms with van der Waals surface area (Å²) in [6.07, 6.45) is 2.46. The summed E-state index contributed by atoms with van der Waals surface area (Å²) in [5.41, 5.74) is 0. The second kappa shape index (κ2) is 7.79. The Bertz CT molecular complexity index is 552. The monoisotopic (exact) mass is 333 g/mol. The van der Waals surface area contributed by atoms with E-state index in [1.165, 1.54) is 0 Å². The van der Waals surface area contributed by atoms with Crippen LogP contribution in [0.5, 0.6) is 0 Å². The number of piperazine rings is 1. The van der Waals surface area contributed by atoms with Crippen molar-refractivity contribution < 1.29 is 9.53 Å². The predicted molar refractivity (Wildman–Crippen MR) is 93.3 cm³/mol. The summed E-state index contributed by atoms with van der Waals surface area (Å²) < 4.78 is 5.38. The van der Waals surface area contributed by atoms with Crippen LogP contribution in [0.4, 0.5) is 11.8 Å². The van der Waals surface area contributed by atoms with Crippen LogP contribution in [0.2, 0.25) is 0 Å². The molecule has 1 amide bonds. The minimum absolute atomic E-state index is 0.265. The van der Waals surface area contributed by atoms with Crippen LogP contribution in [0.25, 0.3) is 0 Å². The van der Waals surface area contributed by atoms with Gasteiger partial charge in [-0.2, -0.15) is 4.98 Å². The van der Waals surface area contributed by atoms with Gasteiger partial charge in [0.2, 0.25) is 11.9 Å². The van der Waals surface area contributed by atoms with Crippen LogP contribution in [0, 0.1) is 5.92 Å². The van der Waals surface area contributed by atoms with Gasteiger partial charge < -0.3 is 19.4 Å². The second-order valence-electron chi connectivity index (χ2n) is 6.78. The van der Waals surface area contributed by atoms with Crippen LogP contribution in [-0.4, -0.2) is 73.3 Å². The number of hydrogen-bond acceptors (Lipinski definition) is 6. The molecule has 24 heavy (non-hydrogen) atoms. The Kier molecular flexibility index (Phi) is 5.50.